The second-order valence-corrected chi connectivity index (χ2v) is 16.9. The highest BCUT2D eigenvalue weighted by Gasteiger charge is 2.71. The molecule has 6 nitrogen and oxygen atoms in total. The van der Waals surface area contributed by atoms with Crippen molar-refractivity contribution in [1.82, 2.24) is 14.9 Å². The highest BCUT2D eigenvalue weighted by Crippen LogP contribution is 2.67. The lowest BCUT2D eigenvalue weighted by Gasteiger charge is -2.64. The van der Waals surface area contributed by atoms with Crippen LogP contribution in [0.3, 0.4) is 0 Å². The standard InChI is InChI=1S/C35H39N3O3SSi/c1-25(39)41-30(29-24-36-22-23-37-29)35(43(5)6)31(40)38(33(2,3)4)32(35)42-34(26-16-10-7-11-17-26,27-18-12-8-13-19-27)28-20-14-9-15-21-28/h7-24,30,32,43H,1-6H3. The summed E-state index contributed by atoms with van der Waals surface area (Å²) in [4.78, 5) is 38.4. The number of likely N-dealkylation sites (tertiary alicyclic amines) is 1. The maximum absolute atomic E-state index is 14.8. The van der Waals surface area contributed by atoms with Gasteiger partial charge in [0.15, 0.2) is 6.10 Å². The third-order valence-corrected chi connectivity index (χ3v) is 13.2. The van der Waals surface area contributed by atoms with Crippen LogP contribution in [0, 0.1) is 0 Å². The number of amides is 1. The Morgan fingerprint density at radius 1 is 0.884 bits per heavy atom. The minimum absolute atomic E-state index is 0.000783. The van der Waals surface area contributed by atoms with Crippen molar-refractivity contribution < 1.29 is 14.3 Å². The van der Waals surface area contributed by atoms with Crippen molar-refractivity contribution in [1.29, 1.82) is 0 Å². The molecule has 3 atom stereocenters. The molecule has 3 aromatic carbocycles. The number of hydrogen-bond donors (Lipinski definition) is 0. The molecule has 2 heterocycles. The quantitative estimate of drug-likeness (QED) is 0.0881. The van der Waals surface area contributed by atoms with Gasteiger partial charge in [0.25, 0.3) is 0 Å². The van der Waals surface area contributed by atoms with Crippen molar-refractivity contribution in [3.05, 3.63) is 132 Å². The molecule has 1 fully saturated rings. The van der Waals surface area contributed by atoms with Crippen molar-refractivity contribution >= 4 is 32.4 Å². The van der Waals surface area contributed by atoms with E-state index in [9.17, 15) is 9.59 Å². The molecule has 1 aliphatic rings. The number of carbonyl (C=O) groups is 2. The van der Waals surface area contributed by atoms with Gasteiger partial charge in [0.2, 0.25) is 5.91 Å². The average molecular weight is 610 g/mol. The van der Waals surface area contributed by atoms with E-state index < -0.39 is 36.2 Å². The molecular weight excluding hydrogens is 571 g/mol. The van der Waals surface area contributed by atoms with Gasteiger partial charge < -0.3 is 9.64 Å². The molecule has 8 heteroatoms. The average Bonchev–Trinajstić information content (AvgIpc) is 2.99. The Labute approximate surface area is 260 Å². The summed E-state index contributed by atoms with van der Waals surface area (Å²) in [6, 6.07) is 31.4. The fourth-order valence-corrected chi connectivity index (χ4v) is 11.7. The van der Waals surface area contributed by atoms with Crippen LogP contribution >= 0.6 is 11.8 Å². The van der Waals surface area contributed by atoms with Gasteiger partial charge in [-0.05, 0) is 37.5 Å². The molecule has 222 valence electrons. The topological polar surface area (TPSA) is 72.4 Å². The van der Waals surface area contributed by atoms with E-state index in [2.05, 4.69) is 117 Å². The van der Waals surface area contributed by atoms with Gasteiger partial charge in [0, 0.05) is 24.9 Å². The zero-order valence-corrected chi connectivity index (χ0v) is 27.6. The first-order valence-electron chi connectivity index (χ1n) is 14.7. The minimum atomic E-state index is -1.95. The molecule has 1 saturated heterocycles. The fourth-order valence-electron chi connectivity index (χ4n) is 6.36. The molecular formula is C35H39N3O3SSi. The number of carbonyl (C=O) groups excluding carboxylic acids is 2. The number of esters is 1. The maximum atomic E-state index is 14.8. The molecule has 0 radical (unpaired) electrons. The number of benzene rings is 3. The van der Waals surface area contributed by atoms with E-state index in [-0.39, 0.29) is 11.3 Å². The van der Waals surface area contributed by atoms with Crippen LogP contribution in [0.1, 0.15) is 56.2 Å². The minimum Gasteiger partial charge on any atom is -0.455 e. The lowest BCUT2D eigenvalue weighted by molar-refractivity contribution is -0.172. The number of nitrogens with zero attached hydrogens (tertiary/aromatic N) is 3. The summed E-state index contributed by atoms with van der Waals surface area (Å²) in [5.41, 5.74) is 3.33. The normalized spacial score (nSPS) is 19.6. The van der Waals surface area contributed by atoms with Gasteiger partial charge >= 0.3 is 5.97 Å². The van der Waals surface area contributed by atoms with Crippen LogP contribution in [-0.4, -0.2) is 46.5 Å². The number of β-lactam (4-membered cyclic amide) rings is 1. The van der Waals surface area contributed by atoms with Gasteiger partial charge in [-0.15, -0.1) is 11.8 Å². The lowest BCUT2D eigenvalue weighted by atomic mass is 9.83. The predicted octanol–water partition coefficient (Wildman–Crippen LogP) is 7.00. The number of rotatable bonds is 9. The van der Waals surface area contributed by atoms with E-state index in [1.807, 2.05) is 23.1 Å². The van der Waals surface area contributed by atoms with Gasteiger partial charge in [-0.25, -0.2) is 0 Å². The molecule has 4 aromatic rings. The Balaban J connectivity index is 1.82. The first kappa shape index (κ1) is 30.7. The zero-order valence-electron chi connectivity index (χ0n) is 25.6. The Bertz CT molecular complexity index is 1450. The van der Waals surface area contributed by atoms with Crippen LogP contribution in [0.5, 0.6) is 0 Å². The van der Waals surface area contributed by atoms with Crippen molar-refractivity contribution in [3.63, 3.8) is 0 Å². The van der Waals surface area contributed by atoms with Crippen LogP contribution in [-0.2, 0) is 19.1 Å². The molecule has 0 bridgehead atoms. The summed E-state index contributed by atoms with van der Waals surface area (Å²) in [7, 11) is -1.95. The van der Waals surface area contributed by atoms with Crippen molar-refractivity contribution in [2.45, 2.75) is 67.6 Å². The Morgan fingerprint density at radius 3 is 1.74 bits per heavy atom. The van der Waals surface area contributed by atoms with E-state index in [0.29, 0.717) is 5.69 Å². The molecule has 0 aliphatic carbocycles. The smallest absolute Gasteiger partial charge is 0.303 e. The van der Waals surface area contributed by atoms with Crippen molar-refractivity contribution in [3.8, 4) is 0 Å². The van der Waals surface area contributed by atoms with Crippen LogP contribution < -0.4 is 0 Å². The zero-order chi connectivity index (χ0) is 30.8. The summed E-state index contributed by atoms with van der Waals surface area (Å²) in [5, 5.41) is -1.33. The second kappa shape index (κ2) is 12.1. The molecule has 1 amide bonds. The van der Waals surface area contributed by atoms with Crippen molar-refractivity contribution in [2.75, 3.05) is 0 Å². The van der Waals surface area contributed by atoms with Gasteiger partial charge in [0.05, 0.1) is 25.1 Å². The van der Waals surface area contributed by atoms with Crippen LogP contribution in [0.25, 0.3) is 0 Å². The van der Waals surface area contributed by atoms with Gasteiger partial charge in [0.1, 0.15) is 10.7 Å². The summed E-state index contributed by atoms with van der Waals surface area (Å²) < 4.78 is 5.45. The van der Waals surface area contributed by atoms with E-state index in [1.165, 1.54) is 6.92 Å². The molecule has 0 saturated carbocycles. The van der Waals surface area contributed by atoms with Crippen LogP contribution in [0.2, 0.25) is 18.1 Å². The summed E-state index contributed by atoms with van der Waals surface area (Å²) in [5.74, 6) is -0.449. The van der Waals surface area contributed by atoms with E-state index >= 15 is 0 Å². The largest absolute Gasteiger partial charge is 0.455 e. The Hall–Kier alpha value is -3.75. The monoisotopic (exact) mass is 609 g/mol. The highest BCUT2D eigenvalue weighted by molar-refractivity contribution is 8.01. The Morgan fingerprint density at radius 2 is 1.37 bits per heavy atom. The third kappa shape index (κ3) is 5.31. The highest BCUT2D eigenvalue weighted by atomic mass is 32.2. The van der Waals surface area contributed by atoms with Crippen LogP contribution in [0.4, 0.5) is 0 Å². The van der Waals surface area contributed by atoms with Gasteiger partial charge in [-0.1, -0.05) is 104 Å². The predicted molar refractivity (Wildman–Crippen MR) is 175 cm³/mol. The van der Waals surface area contributed by atoms with Gasteiger partial charge in [-0.2, -0.15) is 0 Å². The molecule has 43 heavy (non-hydrogen) atoms. The number of hydrogen-bond acceptors (Lipinski definition) is 6. The molecule has 3 unspecified atom stereocenters. The number of thioether (sulfide) groups is 1. The first-order chi connectivity index (χ1) is 20.5. The fraction of sp³-hybridized carbons (Fsp3) is 0.314. The van der Waals surface area contributed by atoms with Crippen molar-refractivity contribution in [2.24, 2.45) is 0 Å². The second-order valence-electron chi connectivity index (χ2n) is 12.3. The summed E-state index contributed by atoms with van der Waals surface area (Å²) >= 11 is 1.76. The molecule has 5 rings (SSSR count). The van der Waals surface area contributed by atoms with E-state index in [4.69, 9.17) is 4.74 Å². The van der Waals surface area contributed by atoms with Crippen LogP contribution in [0.15, 0.2) is 110 Å². The molecule has 1 aliphatic heterocycles. The number of aromatic nitrogens is 2. The lowest BCUT2D eigenvalue weighted by Crippen LogP contribution is -2.74. The Kier molecular flexibility index (Phi) is 8.63. The SMILES string of the molecule is CC(=O)OC(c1cnccn1)C1([SiH](C)C)C(=O)N(C(C)(C)C)C1SC(c1ccccc1)(c1ccccc1)c1ccccc1. The molecule has 0 N–H and O–H groups in total. The maximum Gasteiger partial charge on any atom is 0.303 e. The first-order valence-corrected chi connectivity index (χ1v) is 18.4. The molecule has 0 spiro atoms. The summed E-state index contributed by atoms with van der Waals surface area (Å²) in [6.07, 6.45) is 3.94. The van der Waals surface area contributed by atoms with E-state index in [0.717, 1.165) is 16.7 Å². The molecule has 1 aromatic heterocycles. The summed E-state index contributed by atoms with van der Waals surface area (Å²) in [6.45, 7) is 12.0. The third-order valence-electron chi connectivity index (χ3n) is 8.31. The van der Waals surface area contributed by atoms with Gasteiger partial charge in [-0.3, -0.25) is 19.6 Å². The van der Waals surface area contributed by atoms with E-state index in [1.54, 1.807) is 30.4 Å². The number of ether oxygens (including phenoxy) is 1.